The Morgan fingerprint density at radius 1 is 1.27 bits per heavy atom. The van der Waals surface area contributed by atoms with Crippen LogP contribution < -0.4 is 25.2 Å². The lowest BCUT2D eigenvalue weighted by Gasteiger charge is -2.21. The second kappa shape index (κ2) is 9.77. The number of likely N-dealkylation sites (N-methyl/N-ethyl adjacent to an activating group) is 1. The molecule has 0 unspecified atom stereocenters. The van der Waals surface area contributed by atoms with Crippen molar-refractivity contribution in [1.29, 1.82) is 0 Å². The fraction of sp³-hybridized carbons (Fsp3) is 0.400. The van der Waals surface area contributed by atoms with Crippen molar-refractivity contribution in [3.63, 3.8) is 0 Å². The summed E-state index contributed by atoms with van der Waals surface area (Å²) >= 11 is 0. The third-order valence-corrected chi connectivity index (χ3v) is 4.52. The molecule has 2 N–H and O–H groups in total. The average molecular weight is 414 g/mol. The molecule has 1 aliphatic heterocycles. The van der Waals surface area contributed by atoms with E-state index in [1.54, 1.807) is 23.2 Å². The Labute approximate surface area is 175 Å². The van der Waals surface area contributed by atoms with Crippen LogP contribution in [-0.2, 0) is 4.74 Å². The van der Waals surface area contributed by atoms with Crippen molar-refractivity contribution in [2.24, 2.45) is 0 Å². The Hall–Kier alpha value is -3.56. The van der Waals surface area contributed by atoms with Gasteiger partial charge < -0.3 is 29.9 Å². The summed E-state index contributed by atoms with van der Waals surface area (Å²) in [6, 6.07) is 7.25. The summed E-state index contributed by atoms with van der Waals surface area (Å²) in [5.74, 6) is 1.51. The van der Waals surface area contributed by atoms with Gasteiger partial charge in [0.15, 0.2) is 0 Å². The van der Waals surface area contributed by atoms with E-state index in [1.807, 2.05) is 31.0 Å². The molecular weight excluding hydrogens is 388 g/mol. The highest BCUT2D eigenvalue weighted by Crippen LogP contribution is 2.28. The number of anilines is 3. The number of rotatable bonds is 7. The van der Waals surface area contributed by atoms with Crippen molar-refractivity contribution in [1.82, 2.24) is 15.3 Å². The number of benzene rings is 1. The molecule has 1 aromatic carbocycles. The van der Waals surface area contributed by atoms with Crippen molar-refractivity contribution < 1.29 is 19.1 Å². The predicted octanol–water partition coefficient (Wildman–Crippen LogP) is 1.74. The van der Waals surface area contributed by atoms with Crippen LogP contribution in [0.15, 0.2) is 30.5 Å². The number of ether oxygens (including phenoxy) is 2. The first-order chi connectivity index (χ1) is 14.5. The zero-order chi connectivity index (χ0) is 21.5. The number of fused-ring (bicyclic) bond motifs is 1. The molecule has 10 nitrogen and oxygen atoms in total. The summed E-state index contributed by atoms with van der Waals surface area (Å²) in [6.45, 7) is 4.10. The zero-order valence-corrected chi connectivity index (χ0v) is 17.3. The minimum absolute atomic E-state index is 0.121. The van der Waals surface area contributed by atoms with Gasteiger partial charge >= 0.3 is 6.09 Å². The third-order valence-electron chi connectivity index (χ3n) is 4.52. The Balaban J connectivity index is 1.76. The van der Waals surface area contributed by atoms with E-state index in [2.05, 4.69) is 20.6 Å². The molecular formula is C20H26N6O4. The largest absolute Gasteiger partial charge is 0.490 e. The van der Waals surface area contributed by atoms with Gasteiger partial charge in [-0.2, -0.15) is 4.98 Å². The van der Waals surface area contributed by atoms with Crippen LogP contribution in [0.25, 0.3) is 0 Å². The standard InChI is InChI=1S/C20H26N6O4/c1-4-22-19-23-13-16-17(24-19)25(3)8-9-26(18(16)27)14-6-5-7-15(12-14)29-10-11-30-20(28)21-2/h5-7,12-13H,4,8-11H2,1-3H3,(H,21,28)(H,22,23,24). The Morgan fingerprint density at radius 2 is 2.10 bits per heavy atom. The van der Waals surface area contributed by atoms with Crippen molar-refractivity contribution >= 4 is 29.5 Å². The van der Waals surface area contributed by atoms with Crippen LogP contribution in [0.2, 0.25) is 0 Å². The maximum Gasteiger partial charge on any atom is 0.406 e. The molecule has 0 saturated heterocycles. The summed E-state index contributed by atoms with van der Waals surface area (Å²) in [6.07, 6.45) is 1.05. The van der Waals surface area contributed by atoms with E-state index in [1.165, 1.54) is 7.05 Å². The Bertz CT molecular complexity index is 907. The molecule has 0 bridgehead atoms. The van der Waals surface area contributed by atoms with Gasteiger partial charge in [0.2, 0.25) is 5.95 Å². The molecule has 2 aromatic rings. The number of nitrogens with zero attached hydrogens (tertiary/aromatic N) is 4. The molecule has 0 saturated carbocycles. The smallest absolute Gasteiger partial charge is 0.406 e. The fourth-order valence-electron chi connectivity index (χ4n) is 3.01. The maximum atomic E-state index is 13.2. The molecule has 3 rings (SSSR count). The number of carbonyl (C=O) groups is 2. The first-order valence-corrected chi connectivity index (χ1v) is 9.74. The van der Waals surface area contributed by atoms with Gasteiger partial charge in [-0.25, -0.2) is 9.78 Å². The van der Waals surface area contributed by atoms with Crippen LogP contribution in [0, 0.1) is 0 Å². The first-order valence-electron chi connectivity index (χ1n) is 9.74. The summed E-state index contributed by atoms with van der Waals surface area (Å²) in [5.41, 5.74) is 1.16. The number of amides is 2. The number of carbonyl (C=O) groups excluding carboxylic acids is 2. The highest BCUT2D eigenvalue weighted by Gasteiger charge is 2.28. The molecule has 2 amide bonds. The molecule has 0 spiro atoms. The second-order valence-corrected chi connectivity index (χ2v) is 6.57. The van der Waals surface area contributed by atoms with Crippen molar-refractivity contribution in [3.8, 4) is 5.75 Å². The summed E-state index contributed by atoms with van der Waals surface area (Å²) in [5, 5.41) is 5.44. The van der Waals surface area contributed by atoms with Gasteiger partial charge in [0.05, 0.1) is 0 Å². The average Bonchev–Trinajstić information content (AvgIpc) is 2.88. The fourth-order valence-corrected chi connectivity index (χ4v) is 3.01. The molecule has 30 heavy (non-hydrogen) atoms. The Kier molecular flexibility index (Phi) is 6.89. The number of aromatic nitrogens is 2. The van der Waals surface area contributed by atoms with Crippen LogP contribution >= 0.6 is 0 Å². The van der Waals surface area contributed by atoms with E-state index in [0.29, 0.717) is 48.4 Å². The minimum Gasteiger partial charge on any atom is -0.490 e. The van der Waals surface area contributed by atoms with Gasteiger partial charge in [-0.3, -0.25) is 4.79 Å². The lowest BCUT2D eigenvalue weighted by atomic mass is 10.2. The SMILES string of the molecule is CCNc1ncc2c(n1)N(C)CCN(c1cccc(OCCOC(=O)NC)c1)C2=O. The van der Waals surface area contributed by atoms with Gasteiger partial charge in [0.1, 0.15) is 30.3 Å². The van der Waals surface area contributed by atoms with Crippen molar-refractivity contribution in [2.75, 3.05) is 62.1 Å². The van der Waals surface area contributed by atoms with Crippen LogP contribution in [0.1, 0.15) is 17.3 Å². The summed E-state index contributed by atoms with van der Waals surface area (Å²) < 4.78 is 10.6. The van der Waals surface area contributed by atoms with Gasteiger partial charge in [-0.05, 0) is 19.1 Å². The van der Waals surface area contributed by atoms with Crippen LogP contribution in [0.3, 0.4) is 0 Å². The van der Waals surface area contributed by atoms with Gasteiger partial charge in [0.25, 0.3) is 5.91 Å². The van der Waals surface area contributed by atoms with Gasteiger partial charge in [0, 0.05) is 51.7 Å². The van der Waals surface area contributed by atoms with Crippen molar-refractivity contribution in [2.45, 2.75) is 6.92 Å². The third kappa shape index (κ3) is 4.88. The molecule has 2 heterocycles. The molecule has 160 valence electrons. The van der Waals surface area contributed by atoms with E-state index in [4.69, 9.17) is 9.47 Å². The van der Waals surface area contributed by atoms with E-state index in [0.717, 1.165) is 0 Å². The molecule has 0 radical (unpaired) electrons. The maximum absolute atomic E-state index is 13.2. The molecule has 1 aromatic heterocycles. The van der Waals surface area contributed by atoms with Crippen LogP contribution in [0.4, 0.5) is 22.2 Å². The highest BCUT2D eigenvalue weighted by molar-refractivity contribution is 6.09. The quantitative estimate of drug-likeness (QED) is 0.660. The molecule has 1 aliphatic rings. The lowest BCUT2D eigenvalue weighted by molar-refractivity contribution is 0.0989. The van der Waals surface area contributed by atoms with E-state index >= 15 is 0 Å². The molecule has 0 aliphatic carbocycles. The lowest BCUT2D eigenvalue weighted by Crippen LogP contribution is -2.33. The second-order valence-electron chi connectivity index (χ2n) is 6.57. The van der Waals surface area contributed by atoms with Crippen LogP contribution in [0.5, 0.6) is 5.75 Å². The minimum atomic E-state index is -0.509. The van der Waals surface area contributed by atoms with Crippen molar-refractivity contribution in [3.05, 3.63) is 36.0 Å². The highest BCUT2D eigenvalue weighted by atomic mass is 16.6. The van der Waals surface area contributed by atoms with E-state index < -0.39 is 6.09 Å². The zero-order valence-electron chi connectivity index (χ0n) is 17.3. The monoisotopic (exact) mass is 414 g/mol. The van der Waals surface area contributed by atoms with Crippen LogP contribution in [-0.4, -0.2) is 68.9 Å². The van der Waals surface area contributed by atoms with E-state index in [-0.39, 0.29) is 19.1 Å². The van der Waals surface area contributed by atoms with Gasteiger partial charge in [-0.15, -0.1) is 0 Å². The number of hydrogen-bond donors (Lipinski definition) is 2. The molecule has 0 atom stereocenters. The molecule has 0 fully saturated rings. The summed E-state index contributed by atoms with van der Waals surface area (Å²) in [4.78, 5) is 36.7. The predicted molar refractivity (Wildman–Crippen MR) is 113 cm³/mol. The number of hydrogen-bond acceptors (Lipinski definition) is 8. The first kappa shape index (κ1) is 21.2. The van der Waals surface area contributed by atoms with Gasteiger partial charge in [-0.1, -0.05) is 6.07 Å². The van der Waals surface area contributed by atoms with E-state index in [9.17, 15) is 9.59 Å². The summed E-state index contributed by atoms with van der Waals surface area (Å²) in [7, 11) is 3.40. The Morgan fingerprint density at radius 3 is 2.87 bits per heavy atom. The number of nitrogens with one attached hydrogen (secondary N) is 2. The topological polar surface area (TPSA) is 109 Å². The normalized spacial score (nSPS) is 13.4. The molecule has 10 heteroatoms. The number of alkyl carbamates (subject to hydrolysis) is 1.